The van der Waals surface area contributed by atoms with Crippen molar-refractivity contribution in [3.8, 4) is 11.1 Å². The molecule has 0 radical (unpaired) electrons. The van der Waals surface area contributed by atoms with E-state index in [2.05, 4.69) is 216 Å². The molecule has 61 heavy (non-hydrogen) atoms. The van der Waals surface area contributed by atoms with Crippen molar-refractivity contribution in [1.29, 1.82) is 0 Å². The molecule has 1 spiro atoms. The third-order valence-electron chi connectivity index (χ3n) is 14.0. The number of nitrogens with zero attached hydrogens (tertiary/aromatic N) is 2. The largest absolute Gasteiger partial charge is 0.310 e. The van der Waals surface area contributed by atoms with Gasteiger partial charge in [0, 0.05) is 52.4 Å². The Bertz CT molecular complexity index is 3180. The summed E-state index contributed by atoms with van der Waals surface area (Å²) >= 11 is 0. The van der Waals surface area contributed by atoms with Crippen molar-refractivity contribution < 1.29 is 0 Å². The van der Waals surface area contributed by atoms with Gasteiger partial charge in [0.25, 0.3) is 0 Å². The predicted molar refractivity (Wildman–Crippen MR) is 254 cm³/mol. The van der Waals surface area contributed by atoms with Crippen LogP contribution < -0.4 is 9.80 Å². The fourth-order valence-corrected chi connectivity index (χ4v) is 11.2. The van der Waals surface area contributed by atoms with Gasteiger partial charge in [0.05, 0.1) is 0 Å². The lowest BCUT2D eigenvalue weighted by atomic mass is 9.75. The molecule has 2 aliphatic heterocycles. The van der Waals surface area contributed by atoms with Gasteiger partial charge >= 0.3 is 0 Å². The van der Waals surface area contributed by atoms with Gasteiger partial charge in [-0.2, -0.15) is 0 Å². The van der Waals surface area contributed by atoms with E-state index in [1.54, 1.807) is 0 Å². The molecule has 2 heteroatoms. The van der Waals surface area contributed by atoms with E-state index in [1.807, 2.05) is 0 Å². The molecule has 9 aromatic rings. The molecule has 0 saturated heterocycles. The summed E-state index contributed by atoms with van der Waals surface area (Å²) in [5.41, 5.74) is 23.8. The summed E-state index contributed by atoms with van der Waals surface area (Å²) in [6.07, 6.45) is 8.53. The Morgan fingerprint density at radius 3 is 1.30 bits per heavy atom. The molecule has 9 aromatic carbocycles. The van der Waals surface area contributed by atoms with E-state index in [0.29, 0.717) is 0 Å². The SMILES string of the molecule is C(=C\c1ccc2cc(N3c4ccccc4Cc4ccccc43)ccc2c1)/c1ccc2c(c1)C1(Cc3ccccc3C1)c1cc(N3c4ccccc4Cc4ccccc43)ccc1-2. The van der Waals surface area contributed by atoms with E-state index in [-0.39, 0.29) is 5.41 Å². The standard InChI is InChI=1S/C59H42N2/c1-2-16-48-38-59(37-47(48)15-1)53-32-40(24-29-51(53)52-30-28-50(36-54(52)59)61-57-19-9-5-13-45(57)34-46-14-6-10-20-58(46)61)22-21-39-23-25-42-35-49(27-26-41(42)31-39)60-55-17-7-3-11-43(55)33-44-12-4-8-18-56(44)60/h1-32,35-36H,33-34,37-38H2/b22-21+. The lowest BCUT2D eigenvalue weighted by Gasteiger charge is -2.34. The van der Waals surface area contributed by atoms with Gasteiger partial charge in [-0.25, -0.2) is 0 Å². The van der Waals surface area contributed by atoms with Crippen LogP contribution in [-0.4, -0.2) is 0 Å². The number of hydrogen-bond acceptors (Lipinski definition) is 2. The third kappa shape index (κ3) is 5.35. The molecule has 2 heterocycles. The van der Waals surface area contributed by atoms with Gasteiger partial charge in [-0.1, -0.05) is 152 Å². The Morgan fingerprint density at radius 1 is 0.344 bits per heavy atom. The number of rotatable bonds is 4. The molecule has 4 aliphatic rings. The minimum atomic E-state index is -0.126. The topological polar surface area (TPSA) is 6.48 Å². The van der Waals surface area contributed by atoms with Crippen LogP contribution in [0.2, 0.25) is 0 Å². The van der Waals surface area contributed by atoms with E-state index in [9.17, 15) is 0 Å². The molecular weight excluding hydrogens is 737 g/mol. The fraction of sp³-hybridized carbons (Fsp3) is 0.0847. The summed E-state index contributed by atoms with van der Waals surface area (Å²) in [6, 6.07) is 72.8. The number of fused-ring (bicyclic) bond motifs is 11. The Morgan fingerprint density at radius 2 is 0.738 bits per heavy atom. The van der Waals surface area contributed by atoms with Crippen LogP contribution in [0.15, 0.2) is 194 Å². The zero-order valence-corrected chi connectivity index (χ0v) is 33.9. The monoisotopic (exact) mass is 778 g/mol. The summed E-state index contributed by atoms with van der Waals surface area (Å²) in [7, 11) is 0. The van der Waals surface area contributed by atoms with Gasteiger partial charge in [-0.05, 0) is 145 Å². The summed E-state index contributed by atoms with van der Waals surface area (Å²) < 4.78 is 0. The minimum absolute atomic E-state index is 0.126. The Balaban J connectivity index is 0.857. The van der Waals surface area contributed by atoms with Gasteiger partial charge in [0.15, 0.2) is 0 Å². The van der Waals surface area contributed by atoms with Gasteiger partial charge in [-0.15, -0.1) is 0 Å². The van der Waals surface area contributed by atoms with E-state index in [0.717, 1.165) is 25.7 Å². The van der Waals surface area contributed by atoms with Crippen molar-refractivity contribution in [2.75, 3.05) is 9.80 Å². The highest BCUT2D eigenvalue weighted by molar-refractivity contribution is 5.94. The van der Waals surface area contributed by atoms with Crippen LogP contribution in [0.5, 0.6) is 0 Å². The van der Waals surface area contributed by atoms with Crippen LogP contribution in [0.25, 0.3) is 34.1 Å². The maximum Gasteiger partial charge on any atom is 0.0497 e. The number of benzene rings is 9. The Labute approximate surface area is 357 Å². The Kier molecular flexibility index (Phi) is 7.51. The highest BCUT2D eigenvalue weighted by atomic mass is 15.2. The molecule has 0 N–H and O–H groups in total. The van der Waals surface area contributed by atoms with Gasteiger partial charge in [0.1, 0.15) is 0 Å². The first kappa shape index (κ1) is 34.4. The average molecular weight is 779 g/mol. The first-order chi connectivity index (χ1) is 30.2. The predicted octanol–water partition coefficient (Wildman–Crippen LogP) is 14.8. The van der Waals surface area contributed by atoms with Crippen molar-refractivity contribution in [2.24, 2.45) is 0 Å². The van der Waals surface area contributed by atoms with E-state index in [1.165, 1.54) is 112 Å². The second-order valence-electron chi connectivity index (χ2n) is 17.4. The molecule has 0 aromatic heterocycles. The van der Waals surface area contributed by atoms with Crippen LogP contribution in [0, 0.1) is 0 Å². The Hall–Kier alpha value is -7.42. The number of para-hydroxylation sites is 4. The molecule has 2 nitrogen and oxygen atoms in total. The van der Waals surface area contributed by atoms with E-state index < -0.39 is 0 Å². The van der Waals surface area contributed by atoms with E-state index in [4.69, 9.17) is 0 Å². The molecule has 13 rings (SSSR count). The first-order valence-electron chi connectivity index (χ1n) is 21.7. The van der Waals surface area contributed by atoms with Crippen LogP contribution in [-0.2, 0) is 31.1 Å². The van der Waals surface area contributed by atoms with Gasteiger partial charge < -0.3 is 9.80 Å². The zero-order valence-electron chi connectivity index (χ0n) is 33.9. The van der Waals surface area contributed by atoms with Crippen LogP contribution in [0.3, 0.4) is 0 Å². The maximum absolute atomic E-state index is 2.53. The quantitative estimate of drug-likeness (QED) is 0.164. The second-order valence-corrected chi connectivity index (χ2v) is 17.4. The first-order valence-corrected chi connectivity index (χ1v) is 21.7. The molecule has 0 saturated carbocycles. The van der Waals surface area contributed by atoms with Crippen molar-refractivity contribution in [1.82, 2.24) is 0 Å². The van der Waals surface area contributed by atoms with E-state index >= 15 is 0 Å². The fourth-order valence-electron chi connectivity index (χ4n) is 11.2. The summed E-state index contributed by atoms with van der Waals surface area (Å²) in [5.74, 6) is 0. The second kappa shape index (κ2) is 13.3. The van der Waals surface area contributed by atoms with Crippen molar-refractivity contribution in [3.63, 3.8) is 0 Å². The van der Waals surface area contributed by atoms with Gasteiger partial charge in [-0.3, -0.25) is 0 Å². The average Bonchev–Trinajstić information content (AvgIpc) is 3.83. The summed E-state index contributed by atoms with van der Waals surface area (Å²) in [6.45, 7) is 0. The van der Waals surface area contributed by atoms with Crippen LogP contribution in [0.1, 0.15) is 55.6 Å². The third-order valence-corrected chi connectivity index (χ3v) is 14.0. The molecule has 0 fully saturated rings. The lowest BCUT2D eigenvalue weighted by Crippen LogP contribution is -2.26. The zero-order chi connectivity index (χ0) is 40.1. The summed E-state index contributed by atoms with van der Waals surface area (Å²) in [4.78, 5) is 4.92. The highest BCUT2D eigenvalue weighted by Crippen LogP contribution is 2.57. The normalized spacial score (nSPS) is 15.0. The molecule has 2 aliphatic carbocycles. The number of hydrogen-bond donors (Lipinski definition) is 0. The molecule has 288 valence electrons. The summed E-state index contributed by atoms with van der Waals surface area (Å²) in [5, 5.41) is 2.48. The van der Waals surface area contributed by atoms with Crippen LogP contribution >= 0.6 is 0 Å². The van der Waals surface area contributed by atoms with Crippen molar-refractivity contribution in [3.05, 3.63) is 250 Å². The minimum Gasteiger partial charge on any atom is -0.310 e. The van der Waals surface area contributed by atoms with Gasteiger partial charge in [0.2, 0.25) is 0 Å². The maximum atomic E-state index is 2.53. The van der Waals surface area contributed by atoms with Crippen molar-refractivity contribution >= 4 is 57.0 Å². The number of anilines is 6. The van der Waals surface area contributed by atoms with Crippen molar-refractivity contribution in [2.45, 2.75) is 31.1 Å². The van der Waals surface area contributed by atoms with Crippen LogP contribution in [0.4, 0.5) is 34.1 Å². The molecule has 0 amide bonds. The highest BCUT2D eigenvalue weighted by Gasteiger charge is 2.47. The molecule has 0 unspecified atom stereocenters. The smallest absolute Gasteiger partial charge is 0.0497 e. The lowest BCUT2D eigenvalue weighted by molar-refractivity contribution is 0.563. The molecule has 0 atom stereocenters. The molecular formula is C59H42N2. The molecule has 0 bridgehead atoms.